The summed E-state index contributed by atoms with van der Waals surface area (Å²) in [5.41, 5.74) is 0. The zero-order valence-corrected chi connectivity index (χ0v) is 13.4. The molecule has 0 saturated heterocycles. The quantitative estimate of drug-likeness (QED) is 0.615. The monoisotopic (exact) mass is 238 g/mol. The summed E-state index contributed by atoms with van der Waals surface area (Å²) in [5.74, 6) is 0.701. The van der Waals surface area contributed by atoms with Crippen molar-refractivity contribution in [2.75, 3.05) is 0 Å². The first-order chi connectivity index (χ1) is 6.62. The van der Waals surface area contributed by atoms with E-state index < -0.39 is 16.1 Å². The predicted octanol–water partition coefficient (Wildman–Crippen LogP) is 4.63. The summed E-state index contributed by atoms with van der Waals surface area (Å²) in [6.07, 6.45) is 6.35. The maximum Gasteiger partial charge on any atom is 0.0728 e. The van der Waals surface area contributed by atoms with Crippen molar-refractivity contribution in [2.45, 2.75) is 52.6 Å². The molecule has 2 heteroatoms. The Labute approximate surface area is 97.5 Å². The number of allylic oxidation sites excluding steroid dienone is 4. The van der Waals surface area contributed by atoms with Crippen molar-refractivity contribution in [2.24, 2.45) is 5.92 Å². The molecular weight excluding hydrogens is 212 g/mol. The normalized spacial score (nSPS) is 23.5. The van der Waals surface area contributed by atoms with Crippen LogP contribution in [0.15, 0.2) is 22.5 Å². The summed E-state index contributed by atoms with van der Waals surface area (Å²) in [5, 5.41) is 3.50. The standard InChI is InChI=1S/C13H26Si2/c1-11-10-12(14(2,3)4)8-9-13(11)15(5,6)7/h9-11H,8H2,1-7H3. The molecule has 1 atom stereocenters. The highest BCUT2D eigenvalue weighted by atomic mass is 28.3. The van der Waals surface area contributed by atoms with Crippen molar-refractivity contribution >= 4 is 16.1 Å². The van der Waals surface area contributed by atoms with Gasteiger partial charge in [-0.3, -0.25) is 0 Å². The summed E-state index contributed by atoms with van der Waals surface area (Å²) in [6.45, 7) is 17.1. The van der Waals surface area contributed by atoms with E-state index in [4.69, 9.17) is 0 Å². The first kappa shape index (κ1) is 13.0. The number of rotatable bonds is 2. The van der Waals surface area contributed by atoms with E-state index in [2.05, 4.69) is 58.4 Å². The van der Waals surface area contributed by atoms with E-state index >= 15 is 0 Å². The van der Waals surface area contributed by atoms with Crippen molar-refractivity contribution in [1.29, 1.82) is 0 Å². The maximum atomic E-state index is 2.57. The first-order valence-electron chi connectivity index (χ1n) is 6.04. The zero-order valence-electron chi connectivity index (χ0n) is 11.4. The third kappa shape index (κ3) is 3.18. The summed E-state index contributed by atoms with van der Waals surface area (Å²) in [7, 11) is -2.13. The van der Waals surface area contributed by atoms with E-state index in [0.29, 0.717) is 5.92 Å². The average Bonchev–Trinajstić information content (AvgIpc) is 1.99. The fourth-order valence-corrected chi connectivity index (χ4v) is 6.04. The molecule has 0 aliphatic heterocycles. The smallest absolute Gasteiger partial charge is 0.0728 e. The summed E-state index contributed by atoms with van der Waals surface area (Å²) in [4.78, 5) is 0. The van der Waals surface area contributed by atoms with Crippen molar-refractivity contribution in [3.05, 3.63) is 22.5 Å². The molecule has 0 heterocycles. The first-order valence-corrected chi connectivity index (χ1v) is 13.0. The van der Waals surface area contributed by atoms with Gasteiger partial charge in [0.15, 0.2) is 0 Å². The van der Waals surface area contributed by atoms with Crippen LogP contribution in [0.1, 0.15) is 13.3 Å². The number of hydrogen-bond donors (Lipinski definition) is 0. The van der Waals surface area contributed by atoms with Gasteiger partial charge < -0.3 is 0 Å². The Balaban J connectivity index is 2.89. The van der Waals surface area contributed by atoms with E-state index in [0.717, 1.165) is 0 Å². The summed E-state index contributed by atoms with van der Waals surface area (Å²) in [6, 6.07) is 0. The Morgan fingerprint density at radius 3 is 1.87 bits per heavy atom. The largest absolute Gasteiger partial charge is 0.0849 e. The van der Waals surface area contributed by atoms with Gasteiger partial charge in [-0.05, 0) is 12.3 Å². The van der Waals surface area contributed by atoms with Gasteiger partial charge >= 0.3 is 0 Å². The fourth-order valence-electron chi connectivity index (χ4n) is 2.41. The molecule has 0 saturated carbocycles. The van der Waals surface area contributed by atoms with E-state index in [1.807, 2.05) is 0 Å². The second-order valence-electron chi connectivity index (χ2n) is 6.84. The molecule has 0 bridgehead atoms. The summed E-state index contributed by atoms with van der Waals surface area (Å²) < 4.78 is 0. The van der Waals surface area contributed by atoms with Gasteiger partial charge in [0.05, 0.1) is 16.1 Å². The fraction of sp³-hybridized carbons (Fsp3) is 0.692. The van der Waals surface area contributed by atoms with Gasteiger partial charge in [0.1, 0.15) is 0 Å². The molecule has 1 unspecified atom stereocenters. The Kier molecular flexibility index (Phi) is 3.51. The highest BCUT2D eigenvalue weighted by Crippen LogP contribution is 2.33. The molecule has 0 amide bonds. The molecule has 0 spiro atoms. The molecule has 0 aromatic carbocycles. The van der Waals surface area contributed by atoms with E-state index in [1.165, 1.54) is 6.42 Å². The Morgan fingerprint density at radius 2 is 1.53 bits per heavy atom. The van der Waals surface area contributed by atoms with Crippen LogP contribution in [0.5, 0.6) is 0 Å². The van der Waals surface area contributed by atoms with E-state index in [1.54, 1.807) is 10.4 Å². The molecule has 0 aromatic heterocycles. The van der Waals surface area contributed by atoms with Crippen LogP contribution < -0.4 is 0 Å². The van der Waals surface area contributed by atoms with Gasteiger partial charge in [-0.25, -0.2) is 0 Å². The molecule has 0 radical (unpaired) electrons. The minimum Gasteiger partial charge on any atom is -0.0849 e. The Bertz CT molecular complexity index is 297. The Morgan fingerprint density at radius 1 is 1.00 bits per heavy atom. The van der Waals surface area contributed by atoms with Gasteiger partial charge in [0.2, 0.25) is 0 Å². The third-order valence-corrected chi connectivity index (χ3v) is 8.00. The molecule has 0 nitrogen and oxygen atoms in total. The lowest BCUT2D eigenvalue weighted by Gasteiger charge is -2.32. The lowest BCUT2D eigenvalue weighted by Crippen LogP contribution is -2.32. The number of hydrogen-bond acceptors (Lipinski definition) is 0. The zero-order chi connectivity index (χ0) is 11.9. The van der Waals surface area contributed by atoms with Gasteiger partial charge in [0.25, 0.3) is 0 Å². The minimum absolute atomic E-state index is 0.701. The van der Waals surface area contributed by atoms with Gasteiger partial charge in [0, 0.05) is 0 Å². The lowest BCUT2D eigenvalue weighted by atomic mass is 10.1. The van der Waals surface area contributed by atoms with Crippen molar-refractivity contribution in [3.8, 4) is 0 Å². The van der Waals surface area contributed by atoms with Gasteiger partial charge in [-0.1, -0.05) is 68.8 Å². The second kappa shape index (κ2) is 4.06. The summed E-state index contributed by atoms with van der Waals surface area (Å²) >= 11 is 0. The molecule has 0 aromatic rings. The molecule has 15 heavy (non-hydrogen) atoms. The molecule has 1 aliphatic carbocycles. The molecule has 0 fully saturated rings. The highest BCUT2D eigenvalue weighted by molar-refractivity contribution is 6.84. The van der Waals surface area contributed by atoms with Crippen LogP contribution in [0.25, 0.3) is 0 Å². The van der Waals surface area contributed by atoms with Crippen LogP contribution in [-0.4, -0.2) is 16.1 Å². The third-order valence-electron chi connectivity index (χ3n) is 3.31. The Hall–Kier alpha value is -0.0862. The van der Waals surface area contributed by atoms with Crippen LogP contribution in [-0.2, 0) is 0 Å². The molecule has 1 rings (SSSR count). The SMILES string of the molecule is CC1C=C([Si](C)(C)C)CC=C1[Si](C)(C)C. The predicted molar refractivity (Wildman–Crippen MR) is 76.6 cm³/mol. The van der Waals surface area contributed by atoms with Crippen LogP contribution in [0.3, 0.4) is 0 Å². The van der Waals surface area contributed by atoms with Crippen molar-refractivity contribution in [3.63, 3.8) is 0 Å². The van der Waals surface area contributed by atoms with Crippen LogP contribution in [0.4, 0.5) is 0 Å². The van der Waals surface area contributed by atoms with E-state index in [9.17, 15) is 0 Å². The highest BCUT2D eigenvalue weighted by Gasteiger charge is 2.28. The molecule has 0 N–H and O–H groups in total. The van der Waals surface area contributed by atoms with Crippen molar-refractivity contribution in [1.82, 2.24) is 0 Å². The van der Waals surface area contributed by atoms with Crippen LogP contribution in [0, 0.1) is 5.92 Å². The second-order valence-corrected chi connectivity index (χ2v) is 17.1. The lowest BCUT2D eigenvalue weighted by molar-refractivity contribution is 0.867. The molecule has 1 aliphatic rings. The average molecular weight is 239 g/mol. The molecular formula is C13H26Si2. The minimum atomic E-state index is -1.08. The van der Waals surface area contributed by atoms with Crippen LogP contribution in [0.2, 0.25) is 39.3 Å². The van der Waals surface area contributed by atoms with Gasteiger partial charge in [-0.15, -0.1) is 0 Å². The molecule has 86 valence electrons. The van der Waals surface area contributed by atoms with Crippen LogP contribution >= 0.6 is 0 Å². The topological polar surface area (TPSA) is 0 Å². The maximum absolute atomic E-state index is 2.57. The van der Waals surface area contributed by atoms with E-state index in [-0.39, 0.29) is 0 Å². The van der Waals surface area contributed by atoms with Crippen molar-refractivity contribution < 1.29 is 0 Å². The van der Waals surface area contributed by atoms with Gasteiger partial charge in [-0.2, -0.15) is 0 Å².